The fraction of sp³-hybridized carbons (Fsp3) is 0.353. The minimum absolute atomic E-state index is 0.173. The topological polar surface area (TPSA) is 62.6 Å². The van der Waals surface area contributed by atoms with Gasteiger partial charge in [-0.3, -0.25) is 19.3 Å². The zero-order valence-electron chi connectivity index (χ0n) is 13.5. The second kappa shape index (κ2) is 7.00. The third-order valence-corrected chi connectivity index (χ3v) is 4.99. The van der Waals surface area contributed by atoms with Gasteiger partial charge in [0.15, 0.2) is 0 Å². The molecule has 3 rings (SSSR count). The number of carbonyl (C=O) groups is 3. The quantitative estimate of drug-likeness (QED) is 0.750. The maximum Gasteiger partial charge on any atom is 0.243 e. The van der Waals surface area contributed by atoms with Crippen molar-refractivity contribution >= 4 is 29.1 Å². The van der Waals surface area contributed by atoms with Crippen LogP contribution in [0.1, 0.15) is 23.4 Å². The Kier molecular flexibility index (Phi) is 4.80. The van der Waals surface area contributed by atoms with E-state index in [9.17, 15) is 14.4 Å². The van der Waals surface area contributed by atoms with Crippen molar-refractivity contribution in [2.75, 3.05) is 6.54 Å². The molecule has 24 heavy (non-hydrogen) atoms. The Morgan fingerprint density at radius 1 is 1.17 bits per heavy atom. The molecule has 7 heteroatoms. The van der Waals surface area contributed by atoms with Gasteiger partial charge in [-0.05, 0) is 23.6 Å². The van der Waals surface area contributed by atoms with Crippen molar-refractivity contribution in [1.29, 1.82) is 0 Å². The van der Waals surface area contributed by atoms with E-state index in [2.05, 4.69) is 0 Å². The SMILES string of the molecule is Cn1cccc1CN(Cc1cccs1)C(=O)CN1C(=O)CCC1=O. The summed E-state index contributed by atoms with van der Waals surface area (Å²) < 4.78 is 1.96. The summed E-state index contributed by atoms with van der Waals surface area (Å²) in [5.41, 5.74) is 0.999. The summed E-state index contributed by atoms with van der Waals surface area (Å²) in [7, 11) is 1.93. The first-order chi connectivity index (χ1) is 11.5. The Bertz CT molecular complexity index is 735. The van der Waals surface area contributed by atoms with Gasteiger partial charge >= 0.3 is 0 Å². The molecule has 0 atom stereocenters. The first kappa shape index (κ1) is 16.4. The van der Waals surface area contributed by atoms with E-state index in [-0.39, 0.29) is 37.1 Å². The molecule has 2 aromatic heterocycles. The van der Waals surface area contributed by atoms with E-state index < -0.39 is 0 Å². The highest BCUT2D eigenvalue weighted by Crippen LogP contribution is 2.17. The molecule has 0 spiro atoms. The van der Waals surface area contributed by atoms with Gasteiger partial charge in [-0.15, -0.1) is 11.3 Å². The number of hydrogen-bond donors (Lipinski definition) is 0. The van der Waals surface area contributed by atoms with Crippen molar-refractivity contribution in [1.82, 2.24) is 14.4 Å². The van der Waals surface area contributed by atoms with E-state index in [1.165, 1.54) is 0 Å². The monoisotopic (exact) mass is 345 g/mol. The molecule has 0 N–H and O–H groups in total. The fourth-order valence-corrected chi connectivity index (χ4v) is 3.43. The molecule has 2 aromatic rings. The normalized spacial score (nSPS) is 14.5. The van der Waals surface area contributed by atoms with Crippen LogP contribution in [0.25, 0.3) is 0 Å². The average Bonchev–Trinajstić information content (AvgIpc) is 3.27. The lowest BCUT2D eigenvalue weighted by Gasteiger charge is -2.24. The Morgan fingerprint density at radius 2 is 1.92 bits per heavy atom. The van der Waals surface area contributed by atoms with E-state index in [1.54, 1.807) is 16.2 Å². The van der Waals surface area contributed by atoms with Gasteiger partial charge in [0.05, 0.1) is 13.1 Å². The van der Waals surface area contributed by atoms with E-state index >= 15 is 0 Å². The van der Waals surface area contributed by atoms with Crippen LogP contribution in [0.4, 0.5) is 0 Å². The van der Waals surface area contributed by atoms with Crippen molar-refractivity contribution in [3.8, 4) is 0 Å². The molecule has 1 aliphatic heterocycles. The highest BCUT2D eigenvalue weighted by atomic mass is 32.1. The molecule has 0 radical (unpaired) electrons. The van der Waals surface area contributed by atoms with Gasteiger partial charge < -0.3 is 9.47 Å². The Labute approximate surface area is 144 Å². The van der Waals surface area contributed by atoms with Gasteiger partial charge in [-0.25, -0.2) is 0 Å². The van der Waals surface area contributed by atoms with E-state index in [0.717, 1.165) is 15.5 Å². The van der Waals surface area contributed by atoms with E-state index in [4.69, 9.17) is 0 Å². The van der Waals surface area contributed by atoms with Crippen LogP contribution in [0, 0.1) is 0 Å². The summed E-state index contributed by atoms with van der Waals surface area (Å²) in [6, 6.07) is 7.80. The minimum Gasteiger partial charge on any atom is -0.353 e. The second-order valence-corrected chi connectivity index (χ2v) is 6.85. The van der Waals surface area contributed by atoms with Gasteiger partial charge in [-0.2, -0.15) is 0 Å². The minimum atomic E-state index is -0.261. The zero-order chi connectivity index (χ0) is 17.1. The maximum atomic E-state index is 12.7. The van der Waals surface area contributed by atoms with Crippen LogP contribution >= 0.6 is 11.3 Å². The molecule has 3 amide bonds. The summed E-state index contributed by atoms with van der Waals surface area (Å²) >= 11 is 1.58. The molecular weight excluding hydrogens is 326 g/mol. The Balaban J connectivity index is 1.75. The molecule has 126 valence electrons. The van der Waals surface area contributed by atoms with Crippen molar-refractivity contribution in [3.63, 3.8) is 0 Å². The highest BCUT2D eigenvalue weighted by molar-refractivity contribution is 7.09. The Morgan fingerprint density at radius 3 is 2.50 bits per heavy atom. The highest BCUT2D eigenvalue weighted by Gasteiger charge is 2.32. The van der Waals surface area contributed by atoms with Gasteiger partial charge in [0.25, 0.3) is 0 Å². The van der Waals surface area contributed by atoms with E-state index in [0.29, 0.717) is 13.1 Å². The molecule has 0 aromatic carbocycles. The predicted molar refractivity (Wildman–Crippen MR) is 89.9 cm³/mol. The summed E-state index contributed by atoms with van der Waals surface area (Å²) in [5, 5.41) is 1.97. The molecule has 0 bridgehead atoms. The average molecular weight is 345 g/mol. The standard InChI is InChI=1S/C17H19N3O3S/c1-18-8-2-4-13(18)10-19(11-14-5-3-9-24-14)17(23)12-20-15(21)6-7-16(20)22/h2-5,8-9H,6-7,10-12H2,1H3. The molecule has 1 aliphatic rings. The van der Waals surface area contributed by atoms with Crippen LogP contribution in [0.2, 0.25) is 0 Å². The molecule has 0 saturated carbocycles. The predicted octanol–water partition coefficient (Wildman–Crippen LogP) is 1.76. The summed E-state index contributed by atoms with van der Waals surface area (Å²) in [6.45, 7) is 0.738. The van der Waals surface area contributed by atoms with Crippen LogP contribution in [0.5, 0.6) is 0 Å². The molecule has 3 heterocycles. The van der Waals surface area contributed by atoms with Gasteiger partial charge in [0.1, 0.15) is 6.54 Å². The number of imide groups is 1. The van der Waals surface area contributed by atoms with Crippen molar-refractivity contribution < 1.29 is 14.4 Å². The van der Waals surface area contributed by atoms with Crippen LogP contribution in [-0.4, -0.2) is 38.6 Å². The number of carbonyl (C=O) groups excluding carboxylic acids is 3. The van der Waals surface area contributed by atoms with E-state index in [1.807, 2.05) is 47.5 Å². The number of amides is 3. The van der Waals surface area contributed by atoms with Crippen molar-refractivity contribution in [2.24, 2.45) is 7.05 Å². The van der Waals surface area contributed by atoms with Crippen molar-refractivity contribution in [3.05, 3.63) is 46.4 Å². The number of rotatable bonds is 6. The first-order valence-electron chi connectivity index (χ1n) is 7.78. The molecular formula is C17H19N3O3S. The van der Waals surface area contributed by atoms with Crippen LogP contribution in [0.15, 0.2) is 35.8 Å². The van der Waals surface area contributed by atoms with Gasteiger partial charge in [0.2, 0.25) is 17.7 Å². The number of thiophene rings is 1. The second-order valence-electron chi connectivity index (χ2n) is 5.81. The number of hydrogen-bond acceptors (Lipinski definition) is 4. The lowest BCUT2D eigenvalue weighted by Crippen LogP contribution is -2.42. The zero-order valence-corrected chi connectivity index (χ0v) is 14.3. The van der Waals surface area contributed by atoms with Crippen molar-refractivity contribution in [2.45, 2.75) is 25.9 Å². The van der Waals surface area contributed by atoms with Gasteiger partial charge in [0, 0.05) is 36.7 Å². The molecule has 0 unspecified atom stereocenters. The van der Waals surface area contributed by atoms with Gasteiger partial charge in [-0.1, -0.05) is 6.07 Å². The molecule has 1 fully saturated rings. The number of likely N-dealkylation sites (tertiary alicyclic amines) is 1. The first-order valence-corrected chi connectivity index (χ1v) is 8.66. The maximum absolute atomic E-state index is 12.7. The largest absolute Gasteiger partial charge is 0.353 e. The number of nitrogens with zero attached hydrogens (tertiary/aromatic N) is 3. The Hall–Kier alpha value is -2.41. The summed E-state index contributed by atoms with van der Waals surface area (Å²) in [4.78, 5) is 40.1. The lowest BCUT2D eigenvalue weighted by atomic mass is 10.3. The van der Waals surface area contributed by atoms with Crippen LogP contribution in [-0.2, 0) is 34.5 Å². The molecule has 6 nitrogen and oxygen atoms in total. The van der Waals surface area contributed by atoms with Crippen LogP contribution < -0.4 is 0 Å². The molecule has 0 aliphatic carbocycles. The molecule has 1 saturated heterocycles. The third kappa shape index (κ3) is 3.56. The number of aromatic nitrogens is 1. The smallest absolute Gasteiger partial charge is 0.243 e. The fourth-order valence-electron chi connectivity index (χ4n) is 2.71. The van der Waals surface area contributed by atoms with Crippen LogP contribution in [0.3, 0.4) is 0 Å². The lowest BCUT2D eigenvalue weighted by molar-refractivity contribution is -0.146. The summed E-state index contributed by atoms with van der Waals surface area (Å²) in [5.74, 6) is -0.736. The summed E-state index contributed by atoms with van der Waals surface area (Å²) in [6.07, 6.45) is 2.33. The number of aryl methyl sites for hydroxylation is 1. The third-order valence-electron chi connectivity index (χ3n) is 4.13.